The molecule has 2 aliphatic rings. The van der Waals surface area contributed by atoms with Gasteiger partial charge in [0.1, 0.15) is 11.4 Å². The summed E-state index contributed by atoms with van der Waals surface area (Å²) < 4.78 is 35.5. The van der Waals surface area contributed by atoms with Gasteiger partial charge in [-0.3, -0.25) is 9.20 Å². The predicted molar refractivity (Wildman–Crippen MR) is 149 cm³/mol. The maximum absolute atomic E-state index is 14.3. The minimum Gasteiger partial charge on any atom is -0.361 e. The number of imidazole rings is 1. The van der Waals surface area contributed by atoms with Gasteiger partial charge in [-0.1, -0.05) is 11.2 Å². The average Bonchev–Trinajstić information content (AvgIpc) is 3.52. The maximum atomic E-state index is 14.3. The van der Waals surface area contributed by atoms with Crippen LogP contribution in [0.4, 0.5) is 19.3 Å². The second-order valence-electron chi connectivity index (χ2n) is 10.4. The monoisotopic (exact) mass is 560 g/mol. The zero-order valence-corrected chi connectivity index (χ0v) is 23.1. The predicted octanol–water partition coefficient (Wildman–Crippen LogP) is 5.57. The van der Waals surface area contributed by atoms with E-state index in [1.165, 1.54) is 6.07 Å². The van der Waals surface area contributed by atoms with Crippen LogP contribution >= 0.6 is 0 Å². The zero-order valence-electron chi connectivity index (χ0n) is 23.1. The topological polar surface area (TPSA) is 96.0 Å². The number of aryl methyl sites for hydroxylation is 2. The molecule has 1 N–H and O–H groups in total. The van der Waals surface area contributed by atoms with E-state index < -0.39 is 17.7 Å². The highest BCUT2D eigenvalue weighted by atomic mass is 19.2. The van der Waals surface area contributed by atoms with Crippen LogP contribution < -0.4 is 10.2 Å². The number of benzene rings is 1. The highest BCUT2D eigenvalue weighted by Crippen LogP contribution is 2.41. The molecule has 3 amide bonds. The van der Waals surface area contributed by atoms with E-state index in [0.29, 0.717) is 61.6 Å². The molecule has 0 saturated carbocycles. The smallest absolute Gasteiger partial charge is 0.317 e. The van der Waals surface area contributed by atoms with E-state index in [1.807, 2.05) is 42.7 Å². The van der Waals surface area contributed by atoms with Crippen LogP contribution in [-0.2, 0) is 4.79 Å². The Morgan fingerprint density at radius 3 is 2.63 bits per heavy atom. The molecule has 9 nitrogen and oxygen atoms in total. The molecule has 1 unspecified atom stereocenters. The number of aromatic nitrogens is 3. The number of hydrogen-bond acceptors (Lipinski definition) is 5. The average molecular weight is 561 g/mol. The van der Waals surface area contributed by atoms with E-state index >= 15 is 0 Å². The zero-order chi connectivity index (χ0) is 28.8. The second kappa shape index (κ2) is 10.5. The van der Waals surface area contributed by atoms with Crippen molar-refractivity contribution in [3.05, 3.63) is 77.1 Å². The van der Waals surface area contributed by atoms with Crippen LogP contribution in [0.5, 0.6) is 0 Å². The van der Waals surface area contributed by atoms with Crippen LogP contribution in [0, 0.1) is 25.5 Å². The van der Waals surface area contributed by atoms with Gasteiger partial charge < -0.3 is 19.6 Å². The molecule has 6 rings (SSSR count). The van der Waals surface area contributed by atoms with Gasteiger partial charge in [-0.2, -0.15) is 0 Å². The summed E-state index contributed by atoms with van der Waals surface area (Å²) in [5.41, 5.74) is 6.05. The number of nitrogens with one attached hydrogen (secondary N) is 1. The number of amides is 3. The standard InChI is InChI=1S/C30H30F2N6O3/c1-17-27(18(2)41-35-17)20-11-14-37-25(15-20)34-28(29(37)19-9-12-36(13-10-19)30(40)33-3)24-5-4-6-26(39)38(24)21-7-8-22(31)23(32)16-21/h7-9,11,14-16,24H,4-6,10,12-13H2,1-3H3,(H,33,40). The molecule has 212 valence electrons. The maximum Gasteiger partial charge on any atom is 0.317 e. The fourth-order valence-corrected chi connectivity index (χ4v) is 5.98. The number of pyridine rings is 1. The summed E-state index contributed by atoms with van der Waals surface area (Å²) in [5.74, 6) is -1.45. The minimum atomic E-state index is -1.01. The Hall–Kier alpha value is -4.54. The molecule has 0 bridgehead atoms. The van der Waals surface area contributed by atoms with Crippen molar-refractivity contribution in [2.24, 2.45) is 0 Å². The largest absolute Gasteiger partial charge is 0.361 e. The van der Waals surface area contributed by atoms with Crippen molar-refractivity contribution in [3.8, 4) is 11.1 Å². The van der Waals surface area contributed by atoms with Crippen LogP contribution in [0.2, 0.25) is 0 Å². The second-order valence-corrected chi connectivity index (χ2v) is 10.4. The molecule has 0 spiro atoms. The number of hydrogen-bond donors (Lipinski definition) is 1. The number of urea groups is 1. The third-order valence-corrected chi connectivity index (χ3v) is 7.94. The first-order valence-electron chi connectivity index (χ1n) is 13.6. The number of piperidine rings is 1. The number of carbonyl (C=O) groups is 2. The molecule has 1 fully saturated rings. The normalized spacial score (nSPS) is 17.7. The fourth-order valence-electron chi connectivity index (χ4n) is 5.98. The van der Waals surface area contributed by atoms with Gasteiger partial charge in [0.15, 0.2) is 11.6 Å². The molecular weight excluding hydrogens is 530 g/mol. The van der Waals surface area contributed by atoms with Crippen LogP contribution in [0.15, 0.2) is 47.1 Å². The molecule has 0 radical (unpaired) electrons. The molecule has 1 aromatic carbocycles. The Balaban J connectivity index is 1.52. The molecular formula is C30H30F2N6O3. The van der Waals surface area contributed by atoms with Gasteiger partial charge in [0.25, 0.3) is 0 Å². The fraction of sp³-hybridized carbons (Fsp3) is 0.333. The van der Waals surface area contributed by atoms with Gasteiger partial charge in [-0.15, -0.1) is 0 Å². The van der Waals surface area contributed by atoms with Crippen molar-refractivity contribution in [1.29, 1.82) is 0 Å². The summed E-state index contributed by atoms with van der Waals surface area (Å²) in [6, 6.07) is 6.85. The van der Waals surface area contributed by atoms with Crippen molar-refractivity contribution in [2.45, 2.75) is 45.6 Å². The summed E-state index contributed by atoms with van der Waals surface area (Å²) in [4.78, 5) is 33.9. The number of fused-ring (bicyclic) bond motifs is 1. The van der Waals surface area contributed by atoms with Crippen molar-refractivity contribution in [2.75, 3.05) is 25.0 Å². The lowest BCUT2D eigenvalue weighted by molar-refractivity contribution is -0.120. The van der Waals surface area contributed by atoms with E-state index in [4.69, 9.17) is 9.51 Å². The van der Waals surface area contributed by atoms with Gasteiger partial charge in [0, 0.05) is 50.1 Å². The third-order valence-electron chi connectivity index (χ3n) is 7.94. The third kappa shape index (κ3) is 4.64. The molecule has 0 aliphatic carbocycles. The summed E-state index contributed by atoms with van der Waals surface area (Å²) in [7, 11) is 1.60. The van der Waals surface area contributed by atoms with E-state index in [-0.39, 0.29) is 11.9 Å². The summed E-state index contributed by atoms with van der Waals surface area (Å²) >= 11 is 0. The highest BCUT2D eigenvalue weighted by molar-refractivity contribution is 5.95. The van der Waals surface area contributed by atoms with E-state index in [9.17, 15) is 18.4 Å². The first-order valence-corrected chi connectivity index (χ1v) is 13.6. The number of carbonyl (C=O) groups excluding carboxylic acids is 2. The molecule has 41 heavy (non-hydrogen) atoms. The van der Waals surface area contributed by atoms with Crippen molar-refractivity contribution in [3.63, 3.8) is 0 Å². The number of nitrogens with zero attached hydrogens (tertiary/aromatic N) is 5. The molecule has 1 atom stereocenters. The Labute approximate surface area is 235 Å². The summed E-state index contributed by atoms with van der Waals surface area (Å²) in [6.45, 7) is 4.69. The lowest BCUT2D eigenvalue weighted by Gasteiger charge is -2.36. The van der Waals surface area contributed by atoms with E-state index in [0.717, 1.165) is 40.2 Å². The number of anilines is 1. The number of halogens is 2. The minimum absolute atomic E-state index is 0.148. The SMILES string of the molecule is CNC(=O)N1CC=C(c2c(C3CCCC(=O)N3c3ccc(F)c(F)c3)nc3cc(-c4c(C)noc4C)ccn23)CC1. The number of rotatable bonds is 4. The van der Waals surface area contributed by atoms with Crippen LogP contribution in [0.1, 0.15) is 54.6 Å². The summed E-state index contributed by atoms with van der Waals surface area (Å²) in [6.07, 6.45) is 6.10. The van der Waals surface area contributed by atoms with Gasteiger partial charge >= 0.3 is 6.03 Å². The van der Waals surface area contributed by atoms with Crippen molar-refractivity contribution in [1.82, 2.24) is 24.8 Å². The van der Waals surface area contributed by atoms with Gasteiger partial charge in [-0.05, 0) is 68.5 Å². The molecule has 5 heterocycles. The van der Waals surface area contributed by atoms with Gasteiger partial charge in [0.05, 0.1) is 23.1 Å². The molecule has 4 aromatic rings. The Bertz CT molecular complexity index is 1690. The summed E-state index contributed by atoms with van der Waals surface area (Å²) in [5, 5.41) is 6.75. The van der Waals surface area contributed by atoms with Crippen LogP contribution in [0.3, 0.4) is 0 Å². The van der Waals surface area contributed by atoms with E-state index in [1.54, 1.807) is 16.8 Å². The first-order chi connectivity index (χ1) is 19.8. The van der Waals surface area contributed by atoms with Gasteiger partial charge in [0.2, 0.25) is 5.91 Å². The Morgan fingerprint density at radius 1 is 1.12 bits per heavy atom. The van der Waals surface area contributed by atoms with Crippen LogP contribution in [-0.4, -0.2) is 51.5 Å². The first kappa shape index (κ1) is 26.7. The van der Waals surface area contributed by atoms with Crippen LogP contribution in [0.25, 0.3) is 22.3 Å². The molecule has 2 aliphatic heterocycles. The lowest BCUT2D eigenvalue weighted by atomic mass is 9.93. The Kier molecular flexibility index (Phi) is 6.80. The Morgan fingerprint density at radius 2 is 1.95 bits per heavy atom. The quantitative estimate of drug-likeness (QED) is 0.352. The van der Waals surface area contributed by atoms with E-state index in [2.05, 4.69) is 10.5 Å². The lowest BCUT2D eigenvalue weighted by Crippen LogP contribution is -2.41. The van der Waals surface area contributed by atoms with Gasteiger partial charge in [-0.25, -0.2) is 18.6 Å². The van der Waals surface area contributed by atoms with Crippen molar-refractivity contribution >= 4 is 28.8 Å². The molecule has 1 saturated heterocycles. The van der Waals surface area contributed by atoms with Crippen molar-refractivity contribution < 1.29 is 22.9 Å². The highest BCUT2D eigenvalue weighted by Gasteiger charge is 2.36. The molecule has 11 heteroatoms. The molecule has 3 aromatic heterocycles.